The van der Waals surface area contributed by atoms with Crippen molar-refractivity contribution in [2.24, 2.45) is 17.4 Å². The maximum Gasteiger partial charge on any atom is 0.326 e. The number of benzene rings is 1. The molecule has 0 bridgehead atoms. The molecule has 13 heteroatoms. The number of phenols is 1. The normalized spacial score (nSPS) is 14.3. The Morgan fingerprint density at radius 1 is 0.943 bits per heavy atom. The van der Waals surface area contributed by atoms with Crippen molar-refractivity contribution in [2.45, 2.75) is 57.3 Å². The molecule has 0 saturated carbocycles. The average molecular weight is 512 g/mol. The first-order valence-electron chi connectivity index (χ1n) is 10.9. The average Bonchev–Trinajstić information content (AvgIpc) is 2.78. The summed E-state index contributed by atoms with van der Waals surface area (Å²) in [5, 5.41) is 25.9. The fraction of sp³-hybridized carbons (Fsp3) is 0.500. The minimum atomic E-state index is -1.38. The highest BCUT2D eigenvalue weighted by molar-refractivity contribution is 7.80. The van der Waals surface area contributed by atoms with Gasteiger partial charge in [0.1, 0.15) is 23.9 Å². The van der Waals surface area contributed by atoms with Crippen LogP contribution in [0.4, 0.5) is 0 Å². The van der Waals surface area contributed by atoms with Gasteiger partial charge in [-0.2, -0.15) is 12.6 Å². The van der Waals surface area contributed by atoms with E-state index in [1.54, 1.807) is 26.0 Å². The predicted molar refractivity (Wildman–Crippen MR) is 130 cm³/mol. The minimum Gasteiger partial charge on any atom is -0.508 e. The fourth-order valence-corrected chi connectivity index (χ4v) is 3.30. The maximum atomic E-state index is 12.9. The van der Waals surface area contributed by atoms with E-state index in [-0.39, 0.29) is 36.7 Å². The van der Waals surface area contributed by atoms with Gasteiger partial charge in [-0.25, -0.2) is 4.79 Å². The van der Waals surface area contributed by atoms with Gasteiger partial charge < -0.3 is 37.6 Å². The number of thiol groups is 1. The summed E-state index contributed by atoms with van der Waals surface area (Å²) in [5.41, 5.74) is 11.7. The smallest absolute Gasteiger partial charge is 0.326 e. The SMILES string of the molecule is CC(C)C(NC(=O)C(N)Cc1ccc(O)cc1)C(=O)NC(CS)C(=O)NC(CCC(N)=O)C(=O)O. The highest BCUT2D eigenvalue weighted by Gasteiger charge is 2.31. The third-order valence-electron chi connectivity index (χ3n) is 5.09. The topological polar surface area (TPSA) is 214 Å². The Morgan fingerprint density at radius 2 is 1.51 bits per heavy atom. The lowest BCUT2D eigenvalue weighted by Crippen LogP contribution is -2.59. The van der Waals surface area contributed by atoms with Crippen molar-refractivity contribution in [1.29, 1.82) is 0 Å². The molecule has 1 aromatic carbocycles. The summed E-state index contributed by atoms with van der Waals surface area (Å²) in [6.45, 7) is 3.38. The predicted octanol–water partition coefficient (Wildman–Crippen LogP) is -1.35. The van der Waals surface area contributed by atoms with Crippen LogP contribution in [0.5, 0.6) is 5.75 Å². The third kappa shape index (κ3) is 10.2. The number of rotatable bonds is 14. The van der Waals surface area contributed by atoms with Crippen LogP contribution < -0.4 is 27.4 Å². The van der Waals surface area contributed by atoms with Crippen molar-refractivity contribution in [3.63, 3.8) is 0 Å². The molecule has 0 aliphatic carbocycles. The Morgan fingerprint density at radius 3 is 2.00 bits per heavy atom. The molecule has 0 heterocycles. The van der Waals surface area contributed by atoms with Gasteiger partial charge in [-0.3, -0.25) is 19.2 Å². The second kappa shape index (κ2) is 14.2. The number of aliphatic carboxylic acids is 1. The summed E-state index contributed by atoms with van der Waals surface area (Å²) in [7, 11) is 0. The number of aromatic hydroxyl groups is 1. The number of carbonyl (C=O) groups excluding carboxylic acids is 4. The van der Waals surface area contributed by atoms with Gasteiger partial charge in [0.2, 0.25) is 23.6 Å². The molecule has 0 saturated heterocycles. The Kier molecular flexibility index (Phi) is 12.0. The van der Waals surface area contributed by atoms with E-state index in [1.165, 1.54) is 12.1 Å². The summed E-state index contributed by atoms with van der Waals surface area (Å²) in [5.74, 6) is -4.61. The van der Waals surface area contributed by atoms with Crippen LogP contribution in [0, 0.1) is 5.92 Å². The molecule has 4 amide bonds. The van der Waals surface area contributed by atoms with Gasteiger partial charge in [0.15, 0.2) is 0 Å². The standard InChI is InChI=1S/C22H33N5O7S/c1-11(2)18(27-19(30)14(23)9-12-3-5-13(28)6-4-12)21(32)26-16(10-35)20(31)25-15(22(33)34)7-8-17(24)29/h3-6,11,14-16,18,28,35H,7-10,23H2,1-2H3,(H2,24,29)(H,25,31)(H,26,32)(H,27,30)(H,33,34). The molecule has 4 atom stereocenters. The van der Waals surface area contributed by atoms with E-state index in [2.05, 4.69) is 28.6 Å². The van der Waals surface area contributed by atoms with Crippen LogP contribution in [0.3, 0.4) is 0 Å². The van der Waals surface area contributed by atoms with Crippen LogP contribution in [0.2, 0.25) is 0 Å². The monoisotopic (exact) mass is 511 g/mol. The number of hydrogen-bond donors (Lipinski definition) is 8. The van der Waals surface area contributed by atoms with E-state index in [0.717, 1.165) is 0 Å². The second-order valence-electron chi connectivity index (χ2n) is 8.36. The first kappa shape index (κ1) is 29.7. The number of carboxylic acids is 1. The maximum absolute atomic E-state index is 12.9. The van der Waals surface area contributed by atoms with E-state index in [9.17, 15) is 34.2 Å². The first-order chi connectivity index (χ1) is 16.3. The molecule has 1 aromatic rings. The fourth-order valence-electron chi connectivity index (χ4n) is 3.05. The van der Waals surface area contributed by atoms with Crippen molar-refractivity contribution in [3.8, 4) is 5.75 Å². The molecular weight excluding hydrogens is 478 g/mol. The molecular formula is C22H33N5O7S. The molecule has 4 unspecified atom stereocenters. The zero-order valence-corrected chi connectivity index (χ0v) is 20.5. The van der Waals surface area contributed by atoms with Crippen LogP contribution >= 0.6 is 12.6 Å². The number of nitrogens with two attached hydrogens (primary N) is 2. The number of primary amides is 1. The lowest BCUT2D eigenvalue weighted by molar-refractivity contribution is -0.142. The van der Waals surface area contributed by atoms with Crippen molar-refractivity contribution in [1.82, 2.24) is 16.0 Å². The number of phenolic OH excluding ortho intramolecular Hbond substituents is 1. The van der Waals surface area contributed by atoms with Crippen LogP contribution in [-0.2, 0) is 30.4 Å². The molecule has 194 valence electrons. The van der Waals surface area contributed by atoms with Gasteiger partial charge in [0.05, 0.1) is 6.04 Å². The minimum absolute atomic E-state index is 0.0774. The molecule has 0 fully saturated rings. The molecule has 12 nitrogen and oxygen atoms in total. The molecule has 35 heavy (non-hydrogen) atoms. The van der Waals surface area contributed by atoms with Crippen LogP contribution in [-0.4, -0.2) is 69.7 Å². The number of carboxylic acid groups (broad SMARTS) is 1. The summed E-state index contributed by atoms with van der Waals surface area (Å²) >= 11 is 4.05. The highest BCUT2D eigenvalue weighted by atomic mass is 32.1. The van der Waals surface area contributed by atoms with E-state index >= 15 is 0 Å². The van der Waals surface area contributed by atoms with Gasteiger partial charge in [-0.1, -0.05) is 26.0 Å². The van der Waals surface area contributed by atoms with Gasteiger partial charge in [-0.05, 0) is 36.5 Å². The molecule has 0 radical (unpaired) electrons. The number of carbonyl (C=O) groups is 5. The van der Waals surface area contributed by atoms with E-state index < -0.39 is 53.8 Å². The third-order valence-corrected chi connectivity index (χ3v) is 5.45. The highest BCUT2D eigenvalue weighted by Crippen LogP contribution is 2.11. The van der Waals surface area contributed by atoms with Crippen LogP contribution in [0.15, 0.2) is 24.3 Å². The number of hydrogen-bond acceptors (Lipinski definition) is 8. The summed E-state index contributed by atoms with van der Waals surface area (Å²) in [6, 6.07) is 1.59. The van der Waals surface area contributed by atoms with Crippen molar-refractivity contribution in [3.05, 3.63) is 29.8 Å². The van der Waals surface area contributed by atoms with Crippen LogP contribution in [0.1, 0.15) is 32.3 Å². The Bertz CT molecular complexity index is 910. The van der Waals surface area contributed by atoms with Crippen LogP contribution in [0.25, 0.3) is 0 Å². The van der Waals surface area contributed by atoms with Gasteiger partial charge >= 0.3 is 5.97 Å². The zero-order chi connectivity index (χ0) is 26.7. The Balaban J connectivity index is 2.80. The van der Waals surface area contributed by atoms with E-state index in [0.29, 0.717) is 5.56 Å². The quantitative estimate of drug-likeness (QED) is 0.139. The number of nitrogens with one attached hydrogen (secondary N) is 3. The first-order valence-corrected chi connectivity index (χ1v) is 11.6. The Labute approximate surface area is 208 Å². The van der Waals surface area contributed by atoms with E-state index in [1.807, 2.05) is 0 Å². The Hall–Kier alpha value is -3.32. The second-order valence-corrected chi connectivity index (χ2v) is 8.72. The zero-order valence-electron chi connectivity index (χ0n) is 19.6. The molecule has 0 aliphatic heterocycles. The molecule has 1 rings (SSSR count). The molecule has 9 N–H and O–H groups in total. The van der Waals surface area contributed by atoms with Gasteiger partial charge in [-0.15, -0.1) is 0 Å². The summed E-state index contributed by atoms with van der Waals surface area (Å²) in [6.07, 6.45) is -0.295. The van der Waals surface area contributed by atoms with Gasteiger partial charge in [0.25, 0.3) is 0 Å². The van der Waals surface area contributed by atoms with E-state index in [4.69, 9.17) is 11.5 Å². The summed E-state index contributed by atoms with van der Waals surface area (Å²) < 4.78 is 0. The van der Waals surface area contributed by atoms with Crippen molar-refractivity contribution >= 4 is 42.2 Å². The lowest BCUT2D eigenvalue weighted by atomic mass is 10.0. The summed E-state index contributed by atoms with van der Waals surface area (Å²) in [4.78, 5) is 60.3. The van der Waals surface area contributed by atoms with Crippen molar-refractivity contribution in [2.75, 3.05) is 5.75 Å². The number of amides is 4. The largest absolute Gasteiger partial charge is 0.508 e. The lowest BCUT2D eigenvalue weighted by Gasteiger charge is -2.26. The van der Waals surface area contributed by atoms with Crippen molar-refractivity contribution < 1.29 is 34.2 Å². The molecule has 0 aromatic heterocycles. The molecule has 0 aliphatic rings. The van der Waals surface area contributed by atoms with Gasteiger partial charge in [0, 0.05) is 12.2 Å². The molecule has 0 spiro atoms.